The second-order valence-electron chi connectivity index (χ2n) is 8.36. The van der Waals surface area contributed by atoms with Gasteiger partial charge in [0.25, 0.3) is 5.91 Å². The number of nitrogens with zero attached hydrogens (tertiary/aromatic N) is 2. The molecule has 0 unspecified atom stereocenters. The third-order valence-electron chi connectivity index (χ3n) is 5.06. The van der Waals surface area contributed by atoms with Gasteiger partial charge >= 0.3 is 6.09 Å². The number of hydrogen-bond donors (Lipinski definition) is 1. The van der Waals surface area contributed by atoms with Crippen molar-refractivity contribution in [2.24, 2.45) is 5.41 Å². The molecule has 6 nitrogen and oxygen atoms in total. The highest BCUT2D eigenvalue weighted by atomic mass is 19.1. The van der Waals surface area contributed by atoms with Crippen LogP contribution in [-0.2, 0) is 4.74 Å². The van der Waals surface area contributed by atoms with Gasteiger partial charge in [0.15, 0.2) is 0 Å². The highest BCUT2D eigenvalue weighted by Crippen LogP contribution is 2.41. The zero-order chi connectivity index (χ0) is 19.1. The van der Waals surface area contributed by atoms with Gasteiger partial charge in [-0.05, 0) is 51.8 Å². The molecular weight excluding hydrogens is 337 g/mol. The first-order chi connectivity index (χ1) is 12.1. The summed E-state index contributed by atoms with van der Waals surface area (Å²) in [5, 5.41) is 0. The van der Waals surface area contributed by atoms with Gasteiger partial charge in [-0.25, -0.2) is 9.18 Å². The quantitative estimate of drug-likeness (QED) is 0.779. The molecular formula is C19H26FN3O3. The van der Waals surface area contributed by atoms with Crippen molar-refractivity contribution in [3.63, 3.8) is 0 Å². The van der Waals surface area contributed by atoms with Gasteiger partial charge in [-0.1, -0.05) is 0 Å². The average Bonchev–Trinajstić information content (AvgIpc) is 2.53. The van der Waals surface area contributed by atoms with Gasteiger partial charge in [-0.3, -0.25) is 4.79 Å². The fourth-order valence-electron chi connectivity index (χ4n) is 3.56. The molecule has 26 heavy (non-hydrogen) atoms. The minimum atomic E-state index is -0.573. The van der Waals surface area contributed by atoms with Gasteiger partial charge < -0.3 is 20.3 Å². The van der Waals surface area contributed by atoms with Crippen molar-refractivity contribution >= 4 is 17.7 Å². The van der Waals surface area contributed by atoms with E-state index in [0.717, 1.165) is 12.8 Å². The molecule has 2 aliphatic rings. The van der Waals surface area contributed by atoms with Crippen molar-refractivity contribution in [2.45, 2.75) is 39.2 Å². The molecule has 2 aliphatic heterocycles. The normalized spacial score (nSPS) is 19.2. The van der Waals surface area contributed by atoms with E-state index >= 15 is 0 Å². The number of nitrogens with two attached hydrogens (primary N) is 1. The Kier molecular flexibility index (Phi) is 4.58. The van der Waals surface area contributed by atoms with Crippen molar-refractivity contribution in [3.05, 3.63) is 29.6 Å². The van der Waals surface area contributed by atoms with Crippen LogP contribution in [0, 0.1) is 11.2 Å². The molecule has 2 saturated heterocycles. The Morgan fingerprint density at radius 1 is 1.15 bits per heavy atom. The number of benzene rings is 1. The van der Waals surface area contributed by atoms with Crippen molar-refractivity contribution in [3.8, 4) is 0 Å². The molecule has 0 radical (unpaired) electrons. The molecule has 2 heterocycles. The van der Waals surface area contributed by atoms with E-state index in [0.29, 0.717) is 31.7 Å². The van der Waals surface area contributed by atoms with E-state index in [1.807, 2.05) is 20.8 Å². The second kappa shape index (κ2) is 6.45. The van der Waals surface area contributed by atoms with Crippen molar-refractivity contribution in [1.29, 1.82) is 0 Å². The first-order valence-electron chi connectivity index (χ1n) is 8.91. The minimum Gasteiger partial charge on any atom is -0.444 e. The standard InChI is InChI=1S/C19H26FN3O3/c1-18(2,3)26-17(25)23-11-19(12-23)6-8-22(9-7-19)16(24)13-4-5-15(21)14(20)10-13/h4-5,10H,6-9,11-12,21H2,1-3H3. The van der Waals surface area contributed by atoms with Crippen LogP contribution in [0.2, 0.25) is 0 Å². The molecule has 0 aliphatic carbocycles. The number of hydrogen-bond acceptors (Lipinski definition) is 4. The largest absolute Gasteiger partial charge is 0.444 e. The molecule has 1 aromatic rings. The number of nitrogen functional groups attached to an aromatic ring is 1. The number of amides is 2. The predicted molar refractivity (Wildman–Crippen MR) is 96.2 cm³/mol. The van der Waals surface area contributed by atoms with E-state index < -0.39 is 11.4 Å². The Morgan fingerprint density at radius 3 is 2.31 bits per heavy atom. The van der Waals surface area contributed by atoms with Gasteiger partial charge in [0, 0.05) is 37.2 Å². The SMILES string of the molecule is CC(C)(C)OC(=O)N1CC2(CCN(C(=O)c3ccc(N)c(F)c3)CC2)C1. The summed E-state index contributed by atoms with van der Waals surface area (Å²) in [6.07, 6.45) is 1.38. The fourth-order valence-corrected chi connectivity index (χ4v) is 3.56. The van der Waals surface area contributed by atoms with E-state index in [9.17, 15) is 14.0 Å². The summed E-state index contributed by atoms with van der Waals surface area (Å²) in [6.45, 7) is 8.10. The number of likely N-dealkylation sites (tertiary alicyclic amines) is 2. The van der Waals surface area contributed by atoms with Gasteiger partial charge in [0.1, 0.15) is 11.4 Å². The van der Waals surface area contributed by atoms with Crippen molar-refractivity contribution in [2.75, 3.05) is 31.9 Å². The molecule has 0 atom stereocenters. The maximum atomic E-state index is 13.6. The zero-order valence-corrected chi connectivity index (χ0v) is 15.5. The summed E-state index contributed by atoms with van der Waals surface area (Å²) >= 11 is 0. The third-order valence-corrected chi connectivity index (χ3v) is 5.06. The van der Waals surface area contributed by atoms with Gasteiger partial charge in [-0.2, -0.15) is 0 Å². The number of halogens is 1. The zero-order valence-electron chi connectivity index (χ0n) is 15.5. The molecule has 0 aromatic heterocycles. The lowest BCUT2D eigenvalue weighted by molar-refractivity contribution is -0.0563. The number of anilines is 1. The smallest absolute Gasteiger partial charge is 0.410 e. The number of rotatable bonds is 1. The Hall–Kier alpha value is -2.31. The average molecular weight is 363 g/mol. The first kappa shape index (κ1) is 18.5. The van der Waals surface area contributed by atoms with E-state index in [1.54, 1.807) is 15.9 Å². The predicted octanol–water partition coefficient (Wildman–Crippen LogP) is 2.88. The molecule has 0 saturated carbocycles. The fraction of sp³-hybridized carbons (Fsp3) is 0.579. The molecule has 142 valence electrons. The molecule has 7 heteroatoms. The van der Waals surface area contributed by atoms with Crippen LogP contribution in [0.3, 0.4) is 0 Å². The van der Waals surface area contributed by atoms with Crippen LogP contribution in [0.25, 0.3) is 0 Å². The van der Waals surface area contributed by atoms with Gasteiger partial charge in [0.05, 0.1) is 5.69 Å². The van der Waals surface area contributed by atoms with Crippen LogP contribution in [0.1, 0.15) is 44.0 Å². The highest BCUT2D eigenvalue weighted by molar-refractivity contribution is 5.94. The topological polar surface area (TPSA) is 75.9 Å². The van der Waals surface area contributed by atoms with Crippen molar-refractivity contribution in [1.82, 2.24) is 9.80 Å². The van der Waals surface area contributed by atoms with Gasteiger partial charge in [0.2, 0.25) is 0 Å². The van der Waals surface area contributed by atoms with Crippen molar-refractivity contribution < 1.29 is 18.7 Å². The second-order valence-corrected chi connectivity index (χ2v) is 8.36. The first-order valence-corrected chi connectivity index (χ1v) is 8.91. The summed E-state index contributed by atoms with van der Waals surface area (Å²) in [6, 6.07) is 4.16. The summed E-state index contributed by atoms with van der Waals surface area (Å²) in [5.74, 6) is -0.751. The molecule has 3 rings (SSSR count). The minimum absolute atomic E-state index is 0.0378. The molecule has 2 N–H and O–H groups in total. The van der Waals surface area contributed by atoms with E-state index in [1.165, 1.54) is 12.1 Å². The Morgan fingerprint density at radius 2 is 1.77 bits per heavy atom. The lowest BCUT2D eigenvalue weighted by Gasteiger charge is -2.53. The third kappa shape index (κ3) is 3.76. The van der Waals surface area contributed by atoms with Crippen LogP contribution in [0.15, 0.2) is 18.2 Å². The number of carbonyl (C=O) groups is 2. The van der Waals surface area contributed by atoms with E-state index in [2.05, 4.69) is 0 Å². The number of piperidine rings is 1. The summed E-state index contributed by atoms with van der Waals surface area (Å²) in [4.78, 5) is 28.1. The van der Waals surface area contributed by atoms with Crippen LogP contribution < -0.4 is 5.73 Å². The number of carbonyl (C=O) groups excluding carboxylic acids is 2. The van der Waals surface area contributed by atoms with Crippen LogP contribution in [0.4, 0.5) is 14.9 Å². The molecule has 1 aromatic carbocycles. The van der Waals surface area contributed by atoms with Crippen LogP contribution in [0.5, 0.6) is 0 Å². The molecule has 1 spiro atoms. The maximum Gasteiger partial charge on any atom is 0.410 e. The monoisotopic (exact) mass is 363 g/mol. The maximum absolute atomic E-state index is 13.6. The Balaban J connectivity index is 1.53. The summed E-state index contributed by atoms with van der Waals surface area (Å²) < 4.78 is 19.0. The lowest BCUT2D eigenvalue weighted by atomic mass is 9.72. The highest BCUT2D eigenvalue weighted by Gasteiger charge is 2.48. The molecule has 0 bridgehead atoms. The summed E-state index contributed by atoms with van der Waals surface area (Å²) in [5.41, 5.74) is 5.39. The van der Waals surface area contributed by atoms with E-state index in [-0.39, 0.29) is 23.1 Å². The van der Waals surface area contributed by atoms with Crippen LogP contribution >= 0.6 is 0 Å². The molecule has 2 amide bonds. The Bertz CT molecular complexity index is 713. The van der Waals surface area contributed by atoms with Crippen LogP contribution in [-0.4, -0.2) is 53.6 Å². The lowest BCUT2D eigenvalue weighted by Crippen LogP contribution is -2.62. The summed E-state index contributed by atoms with van der Waals surface area (Å²) in [7, 11) is 0. The Labute approximate surface area is 153 Å². The van der Waals surface area contributed by atoms with E-state index in [4.69, 9.17) is 10.5 Å². The number of ether oxygens (including phenoxy) is 1. The van der Waals surface area contributed by atoms with Gasteiger partial charge in [-0.15, -0.1) is 0 Å². The molecule has 2 fully saturated rings.